The van der Waals surface area contributed by atoms with Crippen molar-refractivity contribution in [2.24, 2.45) is 7.05 Å². The predicted octanol–water partition coefficient (Wildman–Crippen LogP) is 6.64. The van der Waals surface area contributed by atoms with Gasteiger partial charge in [-0.05, 0) is 49.0 Å². The first-order chi connectivity index (χ1) is 23.1. The van der Waals surface area contributed by atoms with Crippen LogP contribution in [0, 0.1) is 0 Å². The summed E-state index contributed by atoms with van der Waals surface area (Å²) in [5.74, 6) is -0.602. The van der Waals surface area contributed by atoms with E-state index in [1.165, 1.54) is 39.8 Å². The van der Waals surface area contributed by atoms with Crippen LogP contribution in [0.2, 0.25) is 0 Å². The number of ether oxygens (including phenoxy) is 2. The topological polar surface area (TPSA) is 102 Å². The van der Waals surface area contributed by atoms with Gasteiger partial charge in [-0.3, -0.25) is 9.69 Å². The Labute approximate surface area is 292 Å². The third kappa shape index (κ3) is 7.67. The molecule has 4 heterocycles. The molecule has 2 aromatic heterocycles. The van der Waals surface area contributed by atoms with Gasteiger partial charge in [-0.15, -0.1) is 23.1 Å². The van der Waals surface area contributed by atoms with Crippen LogP contribution in [-0.4, -0.2) is 50.6 Å². The highest BCUT2D eigenvalue weighted by Gasteiger charge is 2.54. The first-order valence-electron chi connectivity index (χ1n) is 15.3. The van der Waals surface area contributed by atoms with Crippen LogP contribution < -0.4 is 9.88 Å². The maximum atomic E-state index is 14.2. The zero-order chi connectivity index (χ0) is 33.8. The van der Waals surface area contributed by atoms with Gasteiger partial charge in [0.2, 0.25) is 0 Å². The van der Waals surface area contributed by atoms with E-state index in [9.17, 15) is 14.4 Å². The van der Waals surface area contributed by atoms with Crippen molar-refractivity contribution < 1.29 is 28.4 Å². The second kappa shape index (κ2) is 14.4. The van der Waals surface area contributed by atoms with Crippen molar-refractivity contribution in [2.75, 3.05) is 5.75 Å². The number of aryl methyl sites for hydroxylation is 1. The molecular weight excluding hydrogens is 665 g/mol. The van der Waals surface area contributed by atoms with Crippen molar-refractivity contribution in [3.05, 3.63) is 124 Å². The molecule has 1 N–H and O–H groups in total. The monoisotopic (exact) mass is 699 g/mol. The van der Waals surface area contributed by atoms with Gasteiger partial charge in [-0.1, -0.05) is 72.4 Å². The summed E-state index contributed by atoms with van der Waals surface area (Å²) < 4.78 is 14.4. The average molecular weight is 700 g/mol. The Balaban J connectivity index is 1.27. The van der Waals surface area contributed by atoms with E-state index in [0.29, 0.717) is 11.3 Å². The lowest BCUT2D eigenvalue weighted by molar-refractivity contribution is -0.671. The largest absolute Gasteiger partial charge is 0.448 e. The molecule has 0 radical (unpaired) electrons. The zero-order valence-electron chi connectivity index (χ0n) is 26.9. The number of alkyl carbamates (subject to hydrolysis) is 1. The highest BCUT2D eigenvalue weighted by atomic mass is 32.2. The summed E-state index contributed by atoms with van der Waals surface area (Å²) in [6.07, 6.45) is 4.43. The number of fused-ring (bicyclic) bond motifs is 1. The molecule has 9 nitrogen and oxygen atoms in total. The number of pyridine rings is 1. The Morgan fingerprint density at radius 1 is 1.04 bits per heavy atom. The molecule has 0 saturated carbocycles. The standard InChI is InChI=1S/C36H34N4O5S3/c1-36(2,3)45-34(43)38-28-31(41)40-29(33(42)44-30(24-11-7-5-8-12-24)25-13-9-6-10-14-25)26(21-47-32(28)40)17-20-46-35-37-27(22-48-35)23-15-18-39(4)19-16-23/h5-20,22,28,30,32H,21H2,1-4H3/p+1/b20-17+/t28-,32-/m1/s1. The summed E-state index contributed by atoms with van der Waals surface area (Å²) in [5.41, 5.74) is 3.61. The number of thiazole rings is 1. The van der Waals surface area contributed by atoms with E-state index in [4.69, 9.17) is 14.5 Å². The number of nitrogens with zero attached hydrogens (tertiary/aromatic N) is 3. The van der Waals surface area contributed by atoms with Crippen molar-refractivity contribution >= 4 is 52.8 Å². The molecule has 2 amide bonds. The first kappa shape index (κ1) is 33.5. The number of hydrogen-bond donors (Lipinski definition) is 1. The van der Waals surface area contributed by atoms with E-state index in [1.807, 2.05) is 114 Å². The Morgan fingerprint density at radius 3 is 2.31 bits per heavy atom. The fourth-order valence-corrected chi connectivity index (χ4v) is 8.14. The van der Waals surface area contributed by atoms with Crippen LogP contribution >= 0.6 is 34.9 Å². The van der Waals surface area contributed by atoms with Crippen molar-refractivity contribution in [3.63, 3.8) is 0 Å². The van der Waals surface area contributed by atoms with Crippen LogP contribution in [0.4, 0.5) is 4.79 Å². The number of rotatable bonds is 9. The number of esters is 1. The third-order valence-corrected chi connectivity index (χ3v) is 10.6. The van der Waals surface area contributed by atoms with Gasteiger partial charge in [-0.25, -0.2) is 19.1 Å². The average Bonchev–Trinajstić information content (AvgIpc) is 3.55. The molecule has 0 unspecified atom stereocenters. The van der Waals surface area contributed by atoms with E-state index in [-0.39, 0.29) is 5.70 Å². The molecule has 0 aliphatic carbocycles. The van der Waals surface area contributed by atoms with Crippen LogP contribution in [0.5, 0.6) is 0 Å². The van der Waals surface area contributed by atoms with Gasteiger partial charge in [0.25, 0.3) is 5.91 Å². The van der Waals surface area contributed by atoms with Gasteiger partial charge in [0.1, 0.15) is 29.8 Å². The highest BCUT2D eigenvalue weighted by Crippen LogP contribution is 2.42. The molecule has 2 aromatic carbocycles. The second-order valence-corrected chi connectivity index (χ2v) is 15.3. The number of allylic oxidation sites excluding steroid dienone is 1. The zero-order valence-corrected chi connectivity index (χ0v) is 29.3. The predicted molar refractivity (Wildman–Crippen MR) is 188 cm³/mol. The van der Waals surface area contributed by atoms with Gasteiger partial charge in [0.05, 0.1) is 5.69 Å². The van der Waals surface area contributed by atoms with Crippen molar-refractivity contribution in [1.29, 1.82) is 0 Å². The van der Waals surface area contributed by atoms with Crippen LogP contribution in [-0.2, 0) is 26.1 Å². The van der Waals surface area contributed by atoms with Crippen molar-refractivity contribution in [3.8, 4) is 11.3 Å². The molecule has 2 aliphatic rings. The fourth-order valence-electron chi connectivity index (χ4n) is 5.23. The van der Waals surface area contributed by atoms with E-state index in [0.717, 1.165) is 26.7 Å². The Bertz CT molecular complexity index is 1810. The van der Waals surface area contributed by atoms with E-state index >= 15 is 0 Å². The van der Waals surface area contributed by atoms with E-state index < -0.39 is 41.1 Å². The van der Waals surface area contributed by atoms with Crippen LogP contribution in [0.25, 0.3) is 11.3 Å². The van der Waals surface area contributed by atoms with Crippen molar-refractivity contribution in [2.45, 2.75) is 48.2 Å². The maximum Gasteiger partial charge on any atom is 0.408 e. The number of β-lactam (4-membered cyclic amide) rings is 1. The summed E-state index contributed by atoms with van der Waals surface area (Å²) in [7, 11) is 1.97. The maximum absolute atomic E-state index is 14.2. The number of thioether (sulfide) groups is 2. The lowest BCUT2D eigenvalue weighted by Gasteiger charge is -2.49. The Kier molecular flexibility index (Phi) is 10.0. The van der Waals surface area contributed by atoms with E-state index in [1.54, 1.807) is 20.8 Å². The number of hydrogen-bond acceptors (Lipinski definition) is 9. The summed E-state index contributed by atoms with van der Waals surface area (Å²) >= 11 is 4.44. The van der Waals surface area contributed by atoms with Crippen molar-refractivity contribution in [1.82, 2.24) is 15.2 Å². The molecule has 4 aromatic rings. The van der Waals surface area contributed by atoms with Crippen LogP contribution in [0.3, 0.4) is 0 Å². The highest BCUT2D eigenvalue weighted by molar-refractivity contribution is 8.03. The van der Waals surface area contributed by atoms with Crippen LogP contribution in [0.15, 0.2) is 118 Å². The van der Waals surface area contributed by atoms with Gasteiger partial charge >= 0.3 is 12.1 Å². The van der Waals surface area contributed by atoms with Crippen LogP contribution in [0.1, 0.15) is 38.0 Å². The smallest absolute Gasteiger partial charge is 0.408 e. The molecule has 6 rings (SSSR count). The summed E-state index contributed by atoms with van der Waals surface area (Å²) in [4.78, 5) is 46.5. The molecule has 1 saturated heterocycles. The lowest BCUT2D eigenvalue weighted by Crippen LogP contribution is -2.70. The molecule has 246 valence electrons. The minimum absolute atomic E-state index is 0.164. The Hall–Kier alpha value is -4.39. The van der Waals surface area contributed by atoms with Gasteiger partial charge in [0, 0.05) is 28.8 Å². The fraction of sp³-hybridized carbons (Fsp3) is 0.250. The molecule has 2 atom stereocenters. The molecule has 1 fully saturated rings. The molecule has 0 bridgehead atoms. The minimum Gasteiger partial charge on any atom is -0.448 e. The second-order valence-electron chi connectivity index (χ2n) is 12.2. The summed E-state index contributed by atoms with van der Waals surface area (Å²) in [6, 6.07) is 22.2. The number of carbonyl (C=O) groups excluding carboxylic acids is 3. The number of aromatic nitrogens is 2. The molecule has 48 heavy (non-hydrogen) atoms. The number of benzene rings is 2. The van der Waals surface area contributed by atoms with Gasteiger partial charge in [-0.2, -0.15) is 0 Å². The molecule has 12 heteroatoms. The molecule has 2 aliphatic heterocycles. The SMILES string of the molecule is C[n+]1ccc(-c2csc(S/C=C/C3=C(C(=O)OC(c4ccccc4)c4ccccc4)N4C(=O)[C@@H](NC(=O)OC(C)(C)C)[C@H]4SC3)n2)cc1. The lowest BCUT2D eigenvalue weighted by atomic mass is 10.0. The summed E-state index contributed by atoms with van der Waals surface area (Å²) in [6.45, 7) is 5.27. The first-order valence-corrected chi connectivity index (χ1v) is 18.1. The number of nitrogens with one attached hydrogen (secondary N) is 1. The third-order valence-electron chi connectivity index (χ3n) is 7.49. The minimum atomic E-state index is -0.833. The normalized spacial score (nSPS) is 17.7. The molecule has 0 spiro atoms. The van der Waals surface area contributed by atoms with Gasteiger partial charge < -0.3 is 14.8 Å². The number of amides is 2. The van der Waals surface area contributed by atoms with Gasteiger partial charge in [0.15, 0.2) is 22.8 Å². The molecular formula is C36H35N4O5S3+. The quantitative estimate of drug-likeness (QED) is 0.0899. The summed E-state index contributed by atoms with van der Waals surface area (Å²) in [5, 5.41) is 6.10. The number of carbonyl (C=O) groups is 3. The van der Waals surface area contributed by atoms with E-state index in [2.05, 4.69) is 5.32 Å². The Morgan fingerprint density at radius 2 is 1.69 bits per heavy atom.